The van der Waals surface area contributed by atoms with Crippen LogP contribution in [0.4, 0.5) is 0 Å². The van der Waals surface area contributed by atoms with E-state index >= 15 is 0 Å². The van der Waals surface area contributed by atoms with E-state index in [9.17, 15) is 4.79 Å². The minimum Gasteiger partial charge on any atom is -0.352 e. The summed E-state index contributed by atoms with van der Waals surface area (Å²) in [5.74, 6) is 0.0972. The number of benzene rings is 1. The van der Waals surface area contributed by atoms with Crippen LogP contribution in [0.3, 0.4) is 0 Å². The molecular weight excluding hydrogens is 186 g/mol. The largest absolute Gasteiger partial charge is 0.352 e. The Morgan fingerprint density at radius 2 is 2.20 bits per heavy atom. The fourth-order valence-corrected chi connectivity index (χ4v) is 2.01. The maximum Gasteiger partial charge on any atom is 0.251 e. The Labute approximate surface area is 90.7 Å². The van der Waals surface area contributed by atoms with Gasteiger partial charge in [-0.3, -0.25) is 4.79 Å². The lowest BCUT2D eigenvalue weighted by atomic mass is 9.96. The Morgan fingerprint density at radius 3 is 3.00 bits per heavy atom. The van der Waals surface area contributed by atoms with E-state index in [4.69, 9.17) is 0 Å². The third-order valence-corrected chi connectivity index (χ3v) is 2.99. The van der Waals surface area contributed by atoms with Crippen LogP contribution in [-0.2, 0) is 12.8 Å². The summed E-state index contributed by atoms with van der Waals surface area (Å²) in [4.78, 5) is 11.8. The van der Waals surface area contributed by atoms with E-state index in [0.717, 1.165) is 31.4 Å². The van der Waals surface area contributed by atoms with Crippen LogP contribution >= 0.6 is 0 Å². The number of nitrogens with one attached hydrogen (secondary N) is 1. The zero-order chi connectivity index (χ0) is 10.7. The van der Waals surface area contributed by atoms with Crippen LogP contribution < -0.4 is 5.32 Å². The zero-order valence-electron chi connectivity index (χ0n) is 9.18. The summed E-state index contributed by atoms with van der Waals surface area (Å²) in [6, 6.07) is 6.28. The van der Waals surface area contributed by atoms with E-state index in [1.165, 1.54) is 17.5 Å². The summed E-state index contributed by atoms with van der Waals surface area (Å²) < 4.78 is 0. The number of fused-ring (bicyclic) bond motifs is 1. The third-order valence-electron chi connectivity index (χ3n) is 2.99. The van der Waals surface area contributed by atoms with Crippen LogP contribution in [0.15, 0.2) is 18.2 Å². The predicted molar refractivity (Wildman–Crippen MR) is 61.1 cm³/mol. The summed E-state index contributed by atoms with van der Waals surface area (Å²) in [6.07, 6.45) is 4.27. The molecular formula is C13H17NO. The minimum absolute atomic E-state index is 0.0972. The Balaban J connectivity index is 2.39. The Morgan fingerprint density at radius 1 is 1.33 bits per heavy atom. The molecule has 0 spiro atoms. The third kappa shape index (κ3) is 2.20. The molecule has 0 aliphatic carbocycles. The molecule has 1 aromatic rings. The molecule has 2 rings (SSSR count). The molecule has 0 saturated carbocycles. The van der Waals surface area contributed by atoms with Crippen molar-refractivity contribution in [3.63, 3.8) is 0 Å². The van der Waals surface area contributed by atoms with Gasteiger partial charge < -0.3 is 5.32 Å². The highest BCUT2D eigenvalue weighted by molar-refractivity contribution is 5.96. The molecule has 1 amide bonds. The second-order valence-electron chi connectivity index (χ2n) is 4.06. The van der Waals surface area contributed by atoms with E-state index in [1.54, 1.807) is 0 Å². The number of carbonyl (C=O) groups excluding carboxylic acids is 1. The highest BCUT2D eigenvalue weighted by atomic mass is 16.1. The summed E-state index contributed by atoms with van der Waals surface area (Å²) in [7, 11) is 0. The van der Waals surface area contributed by atoms with Crippen molar-refractivity contribution >= 4 is 5.91 Å². The van der Waals surface area contributed by atoms with E-state index in [1.807, 2.05) is 6.07 Å². The van der Waals surface area contributed by atoms with Crippen LogP contribution in [0, 0.1) is 0 Å². The number of hydrogen-bond donors (Lipinski definition) is 1. The van der Waals surface area contributed by atoms with Crippen molar-refractivity contribution in [1.29, 1.82) is 0 Å². The Bertz CT molecular complexity index is 371. The normalized spacial score (nSPS) is 16.2. The molecule has 0 saturated heterocycles. The first-order valence-electron chi connectivity index (χ1n) is 5.71. The fraction of sp³-hybridized carbons (Fsp3) is 0.462. The SMILES string of the molecule is CCc1ccc2c(c1)C(=O)NCCCC2. The minimum atomic E-state index is 0.0972. The molecule has 80 valence electrons. The maximum atomic E-state index is 11.8. The van der Waals surface area contributed by atoms with Gasteiger partial charge in [0.25, 0.3) is 5.91 Å². The van der Waals surface area contributed by atoms with Crippen LogP contribution in [0.2, 0.25) is 0 Å². The maximum absolute atomic E-state index is 11.8. The standard InChI is InChI=1S/C13H17NO/c1-2-10-6-7-11-5-3-4-8-14-13(15)12(11)9-10/h6-7,9H,2-5,8H2,1H3,(H,14,15). The van der Waals surface area contributed by atoms with Crippen LogP contribution in [0.5, 0.6) is 0 Å². The number of carbonyl (C=O) groups is 1. The molecule has 0 unspecified atom stereocenters. The lowest BCUT2D eigenvalue weighted by Gasteiger charge is -2.15. The first-order chi connectivity index (χ1) is 7.31. The van der Waals surface area contributed by atoms with Crippen LogP contribution in [0.25, 0.3) is 0 Å². The van der Waals surface area contributed by atoms with Gasteiger partial charge in [0.2, 0.25) is 0 Å². The van der Waals surface area contributed by atoms with Crippen molar-refractivity contribution in [2.45, 2.75) is 32.6 Å². The average molecular weight is 203 g/mol. The molecule has 2 nitrogen and oxygen atoms in total. The van der Waals surface area contributed by atoms with Crippen molar-refractivity contribution in [1.82, 2.24) is 5.32 Å². The highest BCUT2D eigenvalue weighted by Gasteiger charge is 2.13. The molecule has 1 aliphatic rings. The quantitative estimate of drug-likeness (QED) is 0.745. The number of aryl methyl sites for hydroxylation is 2. The number of hydrogen-bond acceptors (Lipinski definition) is 1. The molecule has 0 fully saturated rings. The van der Waals surface area contributed by atoms with Crippen molar-refractivity contribution in [3.05, 3.63) is 34.9 Å². The van der Waals surface area contributed by atoms with E-state index in [-0.39, 0.29) is 5.91 Å². The van der Waals surface area contributed by atoms with Crippen LogP contribution in [-0.4, -0.2) is 12.5 Å². The van der Waals surface area contributed by atoms with Crippen molar-refractivity contribution in [2.75, 3.05) is 6.54 Å². The van der Waals surface area contributed by atoms with Gasteiger partial charge in [-0.1, -0.05) is 19.1 Å². The summed E-state index contributed by atoms with van der Waals surface area (Å²) >= 11 is 0. The second kappa shape index (κ2) is 4.47. The Kier molecular flexibility index (Phi) is 3.05. The average Bonchev–Trinajstić information content (AvgIpc) is 2.26. The molecule has 0 atom stereocenters. The molecule has 1 N–H and O–H groups in total. The topological polar surface area (TPSA) is 29.1 Å². The molecule has 1 aromatic carbocycles. The number of amides is 1. The molecule has 1 heterocycles. The first kappa shape index (κ1) is 10.2. The first-order valence-corrected chi connectivity index (χ1v) is 5.71. The predicted octanol–water partition coefficient (Wildman–Crippen LogP) is 2.32. The van der Waals surface area contributed by atoms with Gasteiger partial charge in [-0.05, 0) is 42.9 Å². The molecule has 15 heavy (non-hydrogen) atoms. The summed E-state index contributed by atoms with van der Waals surface area (Å²) in [5.41, 5.74) is 3.32. The Hall–Kier alpha value is -1.31. The van der Waals surface area contributed by atoms with Gasteiger partial charge in [-0.2, -0.15) is 0 Å². The molecule has 2 heteroatoms. The van der Waals surface area contributed by atoms with Crippen molar-refractivity contribution < 1.29 is 4.79 Å². The summed E-state index contributed by atoms with van der Waals surface area (Å²) in [6.45, 7) is 2.93. The van der Waals surface area contributed by atoms with Gasteiger partial charge in [0, 0.05) is 12.1 Å². The molecule has 1 aliphatic heterocycles. The van der Waals surface area contributed by atoms with Crippen LogP contribution in [0.1, 0.15) is 41.3 Å². The molecule has 0 radical (unpaired) electrons. The van der Waals surface area contributed by atoms with E-state index in [0.29, 0.717) is 0 Å². The second-order valence-corrected chi connectivity index (χ2v) is 4.06. The van der Waals surface area contributed by atoms with Crippen molar-refractivity contribution in [3.8, 4) is 0 Å². The lowest BCUT2D eigenvalue weighted by molar-refractivity contribution is 0.0950. The molecule has 0 aromatic heterocycles. The molecule has 0 bridgehead atoms. The highest BCUT2D eigenvalue weighted by Crippen LogP contribution is 2.17. The van der Waals surface area contributed by atoms with Crippen molar-refractivity contribution in [2.24, 2.45) is 0 Å². The van der Waals surface area contributed by atoms with Gasteiger partial charge in [0.1, 0.15) is 0 Å². The monoisotopic (exact) mass is 203 g/mol. The summed E-state index contributed by atoms with van der Waals surface area (Å²) in [5, 5.41) is 2.95. The van der Waals surface area contributed by atoms with Gasteiger partial charge in [-0.25, -0.2) is 0 Å². The zero-order valence-corrected chi connectivity index (χ0v) is 9.18. The van der Waals surface area contributed by atoms with E-state index < -0.39 is 0 Å². The van der Waals surface area contributed by atoms with Gasteiger partial charge in [0.15, 0.2) is 0 Å². The lowest BCUT2D eigenvalue weighted by Crippen LogP contribution is -2.27. The van der Waals surface area contributed by atoms with E-state index in [2.05, 4.69) is 24.4 Å². The smallest absolute Gasteiger partial charge is 0.251 e. The van der Waals surface area contributed by atoms with Gasteiger partial charge >= 0.3 is 0 Å². The number of rotatable bonds is 1. The fourth-order valence-electron chi connectivity index (χ4n) is 2.01. The van der Waals surface area contributed by atoms with Gasteiger partial charge in [-0.15, -0.1) is 0 Å². The van der Waals surface area contributed by atoms with Gasteiger partial charge in [0.05, 0.1) is 0 Å².